The fourth-order valence-corrected chi connectivity index (χ4v) is 3.43. The molecule has 6 nitrogen and oxygen atoms in total. The third-order valence-electron chi connectivity index (χ3n) is 2.87. The number of thioether (sulfide) groups is 1. The second-order valence-corrected chi connectivity index (χ2v) is 7.63. The number of nitrogens with two attached hydrogens (primary N) is 1. The van der Waals surface area contributed by atoms with Gasteiger partial charge in [0.2, 0.25) is 0 Å². The summed E-state index contributed by atoms with van der Waals surface area (Å²) in [5, 5.41) is 8.62. The summed E-state index contributed by atoms with van der Waals surface area (Å²) in [6.45, 7) is 1.99. The van der Waals surface area contributed by atoms with Crippen molar-refractivity contribution in [2.24, 2.45) is 5.73 Å². The fraction of sp³-hybridized carbons (Fsp3) is 0.500. The molecule has 0 bridgehead atoms. The third-order valence-corrected chi connectivity index (χ3v) is 5.30. The van der Waals surface area contributed by atoms with Crippen molar-refractivity contribution in [3.8, 4) is 0 Å². The second-order valence-electron chi connectivity index (χ2n) is 4.79. The van der Waals surface area contributed by atoms with Gasteiger partial charge < -0.3 is 10.8 Å². The van der Waals surface area contributed by atoms with Gasteiger partial charge >= 0.3 is 5.97 Å². The summed E-state index contributed by atoms with van der Waals surface area (Å²) in [5.41, 5.74) is 6.35. The summed E-state index contributed by atoms with van der Waals surface area (Å²) in [7, 11) is -3.70. The Morgan fingerprint density at radius 3 is 2.55 bits per heavy atom. The van der Waals surface area contributed by atoms with Crippen molar-refractivity contribution >= 4 is 27.8 Å². The van der Waals surface area contributed by atoms with Crippen molar-refractivity contribution in [2.45, 2.75) is 30.7 Å². The molecule has 0 aliphatic heterocycles. The van der Waals surface area contributed by atoms with Crippen LogP contribution in [0.4, 0.5) is 0 Å². The highest BCUT2D eigenvalue weighted by Gasteiger charge is 2.14. The van der Waals surface area contributed by atoms with Gasteiger partial charge in [-0.15, -0.1) is 0 Å². The molecule has 0 aliphatic rings. The first kappa shape index (κ1) is 19.0. The van der Waals surface area contributed by atoms with Crippen LogP contribution in [0.3, 0.4) is 0 Å². The zero-order valence-electron chi connectivity index (χ0n) is 12.4. The lowest BCUT2D eigenvalue weighted by molar-refractivity contribution is -0.138. The van der Waals surface area contributed by atoms with Crippen molar-refractivity contribution in [3.63, 3.8) is 0 Å². The molecule has 0 saturated heterocycles. The van der Waals surface area contributed by atoms with Gasteiger partial charge in [-0.2, -0.15) is 20.2 Å². The Morgan fingerprint density at radius 1 is 1.32 bits per heavy atom. The van der Waals surface area contributed by atoms with Gasteiger partial charge in [-0.3, -0.25) is 8.98 Å². The number of carbonyl (C=O) groups is 1. The van der Waals surface area contributed by atoms with Gasteiger partial charge in [-0.1, -0.05) is 17.7 Å². The molecular formula is C14H21NO5S2. The second kappa shape index (κ2) is 9.14. The first-order valence-corrected chi connectivity index (χ1v) is 9.41. The van der Waals surface area contributed by atoms with E-state index in [4.69, 9.17) is 15.0 Å². The third kappa shape index (κ3) is 6.78. The number of rotatable bonds is 10. The van der Waals surface area contributed by atoms with Crippen molar-refractivity contribution in [1.82, 2.24) is 0 Å². The number of hydrogen-bond acceptors (Lipinski definition) is 6. The molecule has 0 aliphatic carbocycles. The number of aliphatic carboxylic acids is 1. The van der Waals surface area contributed by atoms with Crippen LogP contribution in [0.5, 0.6) is 0 Å². The van der Waals surface area contributed by atoms with E-state index in [2.05, 4.69) is 0 Å². The summed E-state index contributed by atoms with van der Waals surface area (Å²) in [6, 6.07) is 5.64. The Labute approximate surface area is 135 Å². The lowest BCUT2D eigenvalue weighted by atomic mass is 10.2. The minimum Gasteiger partial charge on any atom is -0.480 e. The Balaban J connectivity index is 2.21. The van der Waals surface area contributed by atoms with E-state index in [0.29, 0.717) is 24.3 Å². The van der Waals surface area contributed by atoms with Crippen molar-refractivity contribution < 1.29 is 22.5 Å². The Morgan fingerprint density at radius 2 is 1.95 bits per heavy atom. The van der Waals surface area contributed by atoms with E-state index in [0.717, 1.165) is 5.56 Å². The lowest BCUT2D eigenvalue weighted by Crippen LogP contribution is -2.30. The van der Waals surface area contributed by atoms with E-state index >= 15 is 0 Å². The molecule has 1 unspecified atom stereocenters. The highest BCUT2D eigenvalue weighted by Crippen LogP contribution is 2.14. The predicted octanol–water partition coefficient (Wildman–Crippen LogP) is 1.63. The molecule has 8 heteroatoms. The standard InChI is InChI=1S/C14H21NO5S2/c1-11-3-5-12(6-4-11)22(18,19)20-8-2-9-21-10-7-13(15)14(16)17/h3-6,13H,2,7-10,15H2,1H3,(H,16,17). The molecule has 0 saturated carbocycles. The molecule has 3 N–H and O–H groups in total. The zero-order valence-corrected chi connectivity index (χ0v) is 14.0. The van der Waals surface area contributed by atoms with Gasteiger partial charge in [-0.25, -0.2) is 0 Å². The van der Waals surface area contributed by atoms with E-state index in [9.17, 15) is 13.2 Å². The van der Waals surface area contributed by atoms with Crippen LogP contribution in [0.25, 0.3) is 0 Å². The van der Waals surface area contributed by atoms with Crippen LogP contribution >= 0.6 is 11.8 Å². The largest absolute Gasteiger partial charge is 0.480 e. The molecular weight excluding hydrogens is 326 g/mol. The molecule has 1 aromatic carbocycles. The topological polar surface area (TPSA) is 107 Å². The number of aryl methyl sites for hydroxylation is 1. The zero-order chi connectivity index (χ0) is 16.6. The monoisotopic (exact) mass is 347 g/mol. The first-order chi connectivity index (χ1) is 10.3. The molecule has 0 amide bonds. The Bertz CT molecular complexity index is 571. The number of carboxylic acids is 1. The van der Waals surface area contributed by atoms with Crippen LogP contribution in [0.15, 0.2) is 29.2 Å². The summed E-state index contributed by atoms with van der Waals surface area (Å²) < 4.78 is 28.7. The van der Waals surface area contributed by atoms with E-state index in [1.165, 1.54) is 23.9 Å². The van der Waals surface area contributed by atoms with Crippen LogP contribution in [0.2, 0.25) is 0 Å². The van der Waals surface area contributed by atoms with Gasteiger partial charge in [-0.05, 0) is 43.4 Å². The quantitative estimate of drug-likeness (QED) is 0.489. The molecule has 1 aromatic rings. The number of benzene rings is 1. The van der Waals surface area contributed by atoms with Crippen LogP contribution < -0.4 is 5.73 Å². The smallest absolute Gasteiger partial charge is 0.320 e. The first-order valence-electron chi connectivity index (χ1n) is 6.85. The maximum atomic E-state index is 11.9. The molecule has 0 spiro atoms. The van der Waals surface area contributed by atoms with Gasteiger partial charge in [0, 0.05) is 0 Å². The SMILES string of the molecule is Cc1ccc(S(=O)(=O)OCCCSCCC(N)C(=O)O)cc1. The molecule has 0 heterocycles. The average Bonchev–Trinajstić information content (AvgIpc) is 2.46. The van der Waals surface area contributed by atoms with Crippen LogP contribution in [0, 0.1) is 6.92 Å². The predicted molar refractivity (Wildman–Crippen MR) is 86.5 cm³/mol. The van der Waals surface area contributed by atoms with E-state index in [1.54, 1.807) is 12.1 Å². The van der Waals surface area contributed by atoms with Crippen LogP contribution in [0.1, 0.15) is 18.4 Å². The molecule has 1 atom stereocenters. The van der Waals surface area contributed by atoms with Gasteiger partial charge in [0.15, 0.2) is 0 Å². The van der Waals surface area contributed by atoms with Gasteiger partial charge in [0.05, 0.1) is 11.5 Å². The molecule has 124 valence electrons. The van der Waals surface area contributed by atoms with Crippen LogP contribution in [-0.4, -0.2) is 43.6 Å². The molecule has 0 radical (unpaired) electrons. The molecule has 22 heavy (non-hydrogen) atoms. The van der Waals surface area contributed by atoms with E-state index < -0.39 is 22.1 Å². The minimum absolute atomic E-state index is 0.105. The Kier molecular flexibility index (Phi) is 7.88. The van der Waals surface area contributed by atoms with E-state index in [-0.39, 0.29) is 11.5 Å². The summed E-state index contributed by atoms with van der Waals surface area (Å²) in [5.74, 6) is 0.307. The van der Waals surface area contributed by atoms with Crippen molar-refractivity contribution in [1.29, 1.82) is 0 Å². The number of hydrogen-bond donors (Lipinski definition) is 2. The number of carboxylic acid groups (broad SMARTS) is 1. The van der Waals surface area contributed by atoms with Gasteiger partial charge in [0.25, 0.3) is 10.1 Å². The molecule has 0 fully saturated rings. The fourth-order valence-electron chi connectivity index (χ4n) is 1.54. The maximum Gasteiger partial charge on any atom is 0.320 e. The maximum absolute atomic E-state index is 11.9. The van der Waals surface area contributed by atoms with Crippen LogP contribution in [-0.2, 0) is 19.1 Å². The van der Waals surface area contributed by atoms with Crippen molar-refractivity contribution in [3.05, 3.63) is 29.8 Å². The average molecular weight is 347 g/mol. The molecule has 1 rings (SSSR count). The highest BCUT2D eigenvalue weighted by atomic mass is 32.2. The highest BCUT2D eigenvalue weighted by molar-refractivity contribution is 7.99. The summed E-state index contributed by atoms with van der Waals surface area (Å²) in [4.78, 5) is 10.7. The lowest BCUT2D eigenvalue weighted by Gasteiger charge is -2.07. The summed E-state index contributed by atoms with van der Waals surface area (Å²) >= 11 is 1.53. The molecule has 0 aromatic heterocycles. The summed E-state index contributed by atoms with van der Waals surface area (Å²) in [6.07, 6.45) is 0.959. The normalized spacial score (nSPS) is 13.0. The van der Waals surface area contributed by atoms with E-state index in [1.807, 2.05) is 6.92 Å². The van der Waals surface area contributed by atoms with Gasteiger partial charge in [0.1, 0.15) is 6.04 Å². The Hall–Kier alpha value is -1.09. The minimum atomic E-state index is -3.70. The van der Waals surface area contributed by atoms with Crippen molar-refractivity contribution in [2.75, 3.05) is 18.1 Å².